The Morgan fingerprint density at radius 1 is 0.826 bits per heavy atom. The van der Waals surface area contributed by atoms with Gasteiger partial charge in [0.2, 0.25) is 0 Å². The second-order valence-electron chi connectivity index (χ2n) is 4.19. The number of rotatable bonds is 5. The average molecular weight is 310 g/mol. The maximum Gasteiger partial charge on any atom is 0.342 e. The topological polar surface area (TPSA) is 52.6 Å². The van der Waals surface area contributed by atoms with Gasteiger partial charge in [0.1, 0.15) is 6.61 Å². The summed E-state index contributed by atoms with van der Waals surface area (Å²) < 4.78 is 9.37. The lowest BCUT2D eigenvalue weighted by molar-refractivity contribution is 0.0549. The molecule has 0 saturated carbocycles. The van der Waals surface area contributed by atoms with Gasteiger partial charge in [-0.05, 0) is 24.3 Å². The maximum atomic E-state index is 11.1. The van der Waals surface area contributed by atoms with Crippen molar-refractivity contribution in [1.29, 1.82) is 0 Å². The third-order valence-electron chi connectivity index (χ3n) is 2.54. The van der Waals surface area contributed by atoms with Crippen LogP contribution >= 0.6 is 0 Å². The van der Waals surface area contributed by atoms with Crippen LogP contribution in [0.5, 0.6) is 0 Å². The Kier molecular flexibility index (Phi) is 8.23. The van der Waals surface area contributed by atoms with E-state index >= 15 is 0 Å². The Morgan fingerprint density at radius 2 is 1.30 bits per heavy atom. The molecule has 0 saturated heterocycles. The zero-order chi connectivity index (χ0) is 16.9. The minimum Gasteiger partial charge on any atom is -0.458 e. The van der Waals surface area contributed by atoms with Gasteiger partial charge in [-0.1, -0.05) is 55.6 Å². The molecule has 0 spiro atoms. The van der Waals surface area contributed by atoms with Crippen molar-refractivity contribution in [3.05, 3.63) is 97.3 Å². The third kappa shape index (κ3) is 6.91. The lowest BCUT2D eigenvalue weighted by Crippen LogP contribution is -2.04. The quantitative estimate of drug-likeness (QED) is 0.475. The third-order valence-corrected chi connectivity index (χ3v) is 2.54. The summed E-state index contributed by atoms with van der Waals surface area (Å²) in [6.45, 7) is 6.99. The molecule has 0 atom stereocenters. The van der Waals surface area contributed by atoms with Crippen LogP contribution < -0.4 is 0 Å². The molecule has 0 fully saturated rings. The van der Waals surface area contributed by atoms with Gasteiger partial charge in [-0.15, -0.1) is 0 Å². The van der Waals surface area contributed by atoms with E-state index in [4.69, 9.17) is 4.74 Å². The van der Waals surface area contributed by atoms with E-state index in [1.54, 1.807) is 54.6 Å². The van der Waals surface area contributed by atoms with Gasteiger partial charge in [-0.3, -0.25) is 0 Å². The molecule has 0 aliphatic carbocycles. The van der Waals surface area contributed by atoms with Gasteiger partial charge in [-0.2, -0.15) is 0 Å². The van der Waals surface area contributed by atoms with Crippen LogP contribution in [-0.4, -0.2) is 18.5 Å². The number of benzene rings is 2. The molecule has 0 N–H and O–H groups in total. The summed E-state index contributed by atoms with van der Waals surface area (Å²) in [6, 6.07) is 17.6. The zero-order valence-corrected chi connectivity index (χ0v) is 12.7. The van der Waals surface area contributed by atoms with Gasteiger partial charge in [0.05, 0.1) is 17.4 Å². The van der Waals surface area contributed by atoms with Gasteiger partial charge in [0.15, 0.2) is 0 Å². The van der Waals surface area contributed by atoms with Crippen LogP contribution in [0.15, 0.2) is 86.2 Å². The van der Waals surface area contributed by atoms with Crippen LogP contribution in [0.1, 0.15) is 20.7 Å². The Hall–Kier alpha value is -3.14. The largest absolute Gasteiger partial charge is 0.458 e. The first-order valence-corrected chi connectivity index (χ1v) is 6.89. The number of esters is 2. The molecule has 2 aromatic rings. The van der Waals surface area contributed by atoms with E-state index in [0.717, 1.165) is 6.26 Å². The molecule has 0 unspecified atom stereocenters. The van der Waals surface area contributed by atoms with Crippen molar-refractivity contribution in [1.82, 2.24) is 0 Å². The van der Waals surface area contributed by atoms with Crippen LogP contribution in [0.25, 0.3) is 0 Å². The first-order valence-electron chi connectivity index (χ1n) is 6.89. The van der Waals surface area contributed by atoms with E-state index in [2.05, 4.69) is 17.9 Å². The maximum absolute atomic E-state index is 11.1. The number of hydrogen-bond acceptors (Lipinski definition) is 4. The minimum atomic E-state index is -0.374. The first-order chi connectivity index (χ1) is 11.2. The highest BCUT2D eigenvalue weighted by Gasteiger charge is 2.03. The summed E-state index contributed by atoms with van der Waals surface area (Å²) in [5, 5.41) is 0. The van der Waals surface area contributed by atoms with Gasteiger partial charge in [0, 0.05) is 0 Å². The molecule has 4 heteroatoms. The number of carbonyl (C=O) groups excluding carboxylic acids is 2. The summed E-state index contributed by atoms with van der Waals surface area (Å²) in [5.74, 6) is -0.684. The molecule has 0 aromatic heterocycles. The van der Waals surface area contributed by atoms with Crippen molar-refractivity contribution < 1.29 is 19.1 Å². The molecular formula is C19H18O4. The fraction of sp³-hybridized carbons (Fsp3) is 0.0526. The van der Waals surface area contributed by atoms with E-state index in [1.165, 1.54) is 0 Å². The van der Waals surface area contributed by atoms with Crippen molar-refractivity contribution in [3.63, 3.8) is 0 Å². The molecule has 0 aliphatic heterocycles. The smallest absolute Gasteiger partial charge is 0.342 e. The lowest BCUT2D eigenvalue weighted by Gasteiger charge is -1.99. The van der Waals surface area contributed by atoms with Crippen molar-refractivity contribution >= 4 is 11.9 Å². The normalized spacial score (nSPS) is 8.87. The van der Waals surface area contributed by atoms with Crippen molar-refractivity contribution in [2.45, 2.75) is 0 Å². The molecule has 0 amide bonds. The second-order valence-corrected chi connectivity index (χ2v) is 4.19. The van der Waals surface area contributed by atoms with Crippen molar-refractivity contribution in [3.8, 4) is 0 Å². The molecule has 0 heterocycles. The Balaban J connectivity index is 0.000000231. The predicted octanol–water partition coefficient (Wildman–Crippen LogP) is 4.02. The summed E-state index contributed by atoms with van der Waals surface area (Å²) in [4.78, 5) is 22.1. The number of carbonyl (C=O) groups is 2. The zero-order valence-electron chi connectivity index (χ0n) is 12.7. The van der Waals surface area contributed by atoms with E-state index in [1.807, 2.05) is 12.1 Å². The molecule has 0 aliphatic rings. The molecule has 118 valence electrons. The Bertz CT molecular complexity index is 633. The molecule has 0 radical (unpaired) electrons. The average Bonchev–Trinajstić information content (AvgIpc) is 2.62. The standard InChI is InChI=1S/C10H10O2.C9H8O2/c1-2-8-12-10(11)9-6-4-3-5-7-9;1-2-11-9(10)8-6-4-3-5-7-8/h2-7H,1,8H2;2-7H,1H2. The summed E-state index contributed by atoms with van der Waals surface area (Å²) in [7, 11) is 0. The first kappa shape index (κ1) is 17.9. The predicted molar refractivity (Wildman–Crippen MR) is 89.0 cm³/mol. The Morgan fingerprint density at radius 3 is 1.74 bits per heavy atom. The highest BCUT2D eigenvalue weighted by molar-refractivity contribution is 5.89. The highest BCUT2D eigenvalue weighted by atomic mass is 16.5. The lowest BCUT2D eigenvalue weighted by atomic mass is 10.2. The van der Waals surface area contributed by atoms with E-state index in [-0.39, 0.29) is 18.5 Å². The highest BCUT2D eigenvalue weighted by Crippen LogP contribution is 2.01. The molecule has 0 bridgehead atoms. The molecule has 2 rings (SSSR count). The number of hydrogen-bond donors (Lipinski definition) is 0. The van der Waals surface area contributed by atoms with Crippen LogP contribution in [-0.2, 0) is 9.47 Å². The minimum absolute atomic E-state index is 0.258. The fourth-order valence-corrected chi connectivity index (χ4v) is 1.51. The summed E-state index contributed by atoms with van der Waals surface area (Å²) in [5.41, 5.74) is 1.10. The van der Waals surface area contributed by atoms with Crippen LogP contribution in [0, 0.1) is 0 Å². The van der Waals surface area contributed by atoms with E-state index < -0.39 is 0 Å². The van der Waals surface area contributed by atoms with Crippen LogP contribution in [0.3, 0.4) is 0 Å². The monoisotopic (exact) mass is 310 g/mol. The van der Waals surface area contributed by atoms with E-state index in [9.17, 15) is 9.59 Å². The number of ether oxygens (including phenoxy) is 2. The van der Waals surface area contributed by atoms with Gasteiger partial charge in [0.25, 0.3) is 0 Å². The SMILES string of the molecule is C=CCOC(=O)c1ccccc1.C=COC(=O)c1ccccc1. The van der Waals surface area contributed by atoms with Gasteiger partial charge >= 0.3 is 11.9 Å². The van der Waals surface area contributed by atoms with Crippen molar-refractivity contribution in [2.24, 2.45) is 0 Å². The Labute approximate surface area is 135 Å². The molecular weight excluding hydrogens is 292 g/mol. The van der Waals surface area contributed by atoms with E-state index in [0.29, 0.717) is 11.1 Å². The second kappa shape index (κ2) is 10.6. The van der Waals surface area contributed by atoms with Crippen molar-refractivity contribution in [2.75, 3.05) is 6.61 Å². The molecule has 2 aromatic carbocycles. The van der Waals surface area contributed by atoms with Gasteiger partial charge in [-0.25, -0.2) is 9.59 Å². The van der Waals surface area contributed by atoms with Gasteiger partial charge < -0.3 is 9.47 Å². The summed E-state index contributed by atoms with van der Waals surface area (Å²) >= 11 is 0. The van der Waals surface area contributed by atoms with Crippen LogP contribution in [0.2, 0.25) is 0 Å². The molecule has 4 nitrogen and oxygen atoms in total. The summed E-state index contributed by atoms with van der Waals surface area (Å²) in [6.07, 6.45) is 2.66. The van der Waals surface area contributed by atoms with Crippen LogP contribution in [0.4, 0.5) is 0 Å². The fourth-order valence-electron chi connectivity index (χ4n) is 1.51. The molecule has 23 heavy (non-hydrogen) atoms.